The summed E-state index contributed by atoms with van der Waals surface area (Å²) in [4.78, 5) is 5.91. The number of aromatic amines is 1. The first-order valence-electron chi connectivity index (χ1n) is 9.84. The van der Waals surface area contributed by atoms with Crippen LogP contribution >= 0.6 is 0 Å². The number of H-pyrrole nitrogens is 1. The van der Waals surface area contributed by atoms with Crippen molar-refractivity contribution in [3.63, 3.8) is 0 Å². The molecule has 2 aromatic carbocycles. The average molecular weight is 372 g/mol. The molecule has 1 aliphatic heterocycles. The van der Waals surface area contributed by atoms with Crippen LogP contribution in [0.1, 0.15) is 17.5 Å². The van der Waals surface area contributed by atoms with Gasteiger partial charge in [0.25, 0.3) is 0 Å². The molecule has 0 unspecified atom stereocenters. The molecule has 0 bridgehead atoms. The molecule has 142 valence electrons. The number of nitrogens with zero attached hydrogens (tertiary/aromatic N) is 1. The van der Waals surface area contributed by atoms with Gasteiger partial charge in [0.15, 0.2) is 0 Å². The van der Waals surface area contributed by atoms with Gasteiger partial charge in [-0.25, -0.2) is 0 Å². The smallest absolute Gasteiger partial charge is 0.137 e. The number of ether oxygens (including phenoxy) is 1. The number of benzene rings is 2. The molecule has 0 aliphatic carbocycles. The summed E-state index contributed by atoms with van der Waals surface area (Å²) in [6, 6.07) is 14.6. The molecular formula is C24H24N2O2. The van der Waals surface area contributed by atoms with Crippen LogP contribution in [0, 0.1) is 0 Å². The molecule has 2 aromatic heterocycles. The maximum Gasteiger partial charge on any atom is 0.137 e. The minimum atomic E-state index is 0.833. The van der Waals surface area contributed by atoms with Gasteiger partial charge in [0, 0.05) is 53.8 Å². The number of furan rings is 1. The van der Waals surface area contributed by atoms with Crippen molar-refractivity contribution in [2.75, 3.05) is 26.7 Å². The van der Waals surface area contributed by atoms with E-state index in [1.165, 1.54) is 33.0 Å². The highest BCUT2D eigenvalue weighted by atomic mass is 16.5. The van der Waals surface area contributed by atoms with E-state index in [4.69, 9.17) is 9.15 Å². The van der Waals surface area contributed by atoms with Crippen LogP contribution in [0.5, 0.6) is 5.75 Å². The second kappa shape index (κ2) is 7.21. The number of hydrogen-bond acceptors (Lipinski definition) is 3. The van der Waals surface area contributed by atoms with Crippen molar-refractivity contribution in [3.05, 3.63) is 72.1 Å². The standard InChI is InChI=1S/C24H24N2O2/c1-27-19-6-7-20-18(16-28-24(20)14-19)10-13-26-11-8-17(9-12-26)22-15-25-23-5-3-2-4-21(22)23/h2-8,14-16,25H,9-13H2,1H3. The van der Waals surface area contributed by atoms with Crippen molar-refractivity contribution in [1.29, 1.82) is 0 Å². The van der Waals surface area contributed by atoms with Crippen LogP contribution in [0.2, 0.25) is 0 Å². The van der Waals surface area contributed by atoms with E-state index in [1.54, 1.807) is 7.11 Å². The molecule has 4 heteroatoms. The van der Waals surface area contributed by atoms with Crippen LogP contribution in [0.25, 0.3) is 27.4 Å². The molecule has 0 radical (unpaired) electrons. The molecule has 28 heavy (non-hydrogen) atoms. The zero-order valence-corrected chi connectivity index (χ0v) is 16.1. The molecule has 1 aliphatic rings. The fraction of sp³-hybridized carbons (Fsp3) is 0.250. The highest BCUT2D eigenvalue weighted by Gasteiger charge is 2.16. The molecule has 3 heterocycles. The molecule has 1 N–H and O–H groups in total. The van der Waals surface area contributed by atoms with Gasteiger partial charge in [-0.3, -0.25) is 4.90 Å². The number of nitrogens with one attached hydrogen (secondary N) is 1. The Kier molecular flexibility index (Phi) is 4.41. The average Bonchev–Trinajstić information content (AvgIpc) is 3.36. The summed E-state index contributed by atoms with van der Waals surface area (Å²) in [7, 11) is 1.68. The molecule has 4 aromatic rings. The summed E-state index contributed by atoms with van der Waals surface area (Å²) < 4.78 is 11.0. The maximum atomic E-state index is 5.72. The lowest BCUT2D eigenvalue weighted by Crippen LogP contribution is -2.30. The highest BCUT2D eigenvalue weighted by molar-refractivity contribution is 5.92. The molecular weight excluding hydrogens is 348 g/mol. The third kappa shape index (κ3) is 3.10. The van der Waals surface area contributed by atoms with Crippen LogP contribution in [0.3, 0.4) is 0 Å². The van der Waals surface area contributed by atoms with E-state index < -0.39 is 0 Å². The van der Waals surface area contributed by atoms with Crippen LogP contribution in [-0.4, -0.2) is 36.6 Å². The molecule has 0 atom stereocenters. The van der Waals surface area contributed by atoms with Crippen molar-refractivity contribution in [2.45, 2.75) is 12.8 Å². The van der Waals surface area contributed by atoms with E-state index in [2.05, 4.69) is 52.5 Å². The van der Waals surface area contributed by atoms with Crippen molar-refractivity contribution >= 4 is 27.4 Å². The Labute approximate surface area is 164 Å². The van der Waals surface area contributed by atoms with Crippen LogP contribution < -0.4 is 4.74 Å². The Morgan fingerprint density at radius 1 is 1.14 bits per heavy atom. The normalized spacial score (nSPS) is 15.2. The molecule has 0 fully saturated rings. The number of methoxy groups -OCH3 is 1. The van der Waals surface area contributed by atoms with Gasteiger partial charge in [0.05, 0.1) is 13.4 Å². The second-order valence-corrected chi connectivity index (χ2v) is 7.40. The minimum absolute atomic E-state index is 0.833. The molecule has 5 rings (SSSR count). The maximum absolute atomic E-state index is 5.72. The number of fused-ring (bicyclic) bond motifs is 2. The van der Waals surface area contributed by atoms with Gasteiger partial charge in [-0.05, 0) is 42.2 Å². The molecule has 0 spiro atoms. The summed E-state index contributed by atoms with van der Waals surface area (Å²) in [5, 5.41) is 2.51. The van der Waals surface area contributed by atoms with Gasteiger partial charge < -0.3 is 14.1 Å². The number of rotatable bonds is 5. The lowest BCUT2D eigenvalue weighted by molar-refractivity contribution is 0.306. The fourth-order valence-corrected chi connectivity index (χ4v) is 4.16. The van der Waals surface area contributed by atoms with Crippen LogP contribution in [-0.2, 0) is 6.42 Å². The third-order valence-electron chi connectivity index (χ3n) is 5.79. The van der Waals surface area contributed by atoms with Crippen LogP contribution in [0.4, 0.5) is 0 Å². The predicted molar refractivity (Wildman–Crippen MR) is 114 cm³/mol. The van der Waals surface area contributed by atoms with E-state index in [1.807, 2.05) is 18.4 Å². The largest absolute Gasteiger partial charge is 0.497 e. The quantitative estimate of drug-likeness (QED) is 0.520. The number of hydrogen-bond donors (Lipinski definition) is 1. The first-order valence-corrected chi connectivity index (χ1v) is 9.84. The SMILES string of the molecule is COc1ccc2c(CCN3CC=C(c4c[nH]c5ccccc45)CC3)coc2c1. The Morgan fingerprint density at radius 2 is 2.07 bits per heavy atom. The molecule has 0 amide bonds. The minimum Gasteiger partial charge on any atom is -0.497 e. The molecule has 4 nitrogen and oxygen atoms in total. The Bertz CT molecular complexity index is 1150. The summed E-state index contributed by atoms with van der Waals surface area (Å²) in [6.45, 7) is 3.13. The van der Waals surface area contributed by atoms with E-state index in [9.17, 15) is 0 Å². The van der Waals surface area contributed by atoms with E-state index in [0.717, 1.165) is 43.8 Å². The third-order valence-corrected chi connectivity index (χ3v) is 5.79. The first-order chi connectivity index (χ1) is 13.8. The predicted octanol–water partition coefficient (Wildman–Crippen LogP) is 5.25. The van der Waals surface area contributed by atoms with Crippen molar-refractivity contribution in [3.8, 4) is 5.75 Å². The monoisotopic (exact) mass is 372 g/mol. The second-order valence-electron chi connectivity index (χ2n) is 7.40. The Morgan fingerprint density at radius 3 is 2.93 bits per heavy atom. The zero-order chi connectivity index (χ0) is 18.9. The van der Waals surface area contributed by atoms with Gasteiger partial charge in [-0.1, -0.05) is 24.3 Å². The summed E-state index contributed by atoms with van der Waals surface area (Å²) in [5.74, 6) is 0.833. The molecule has 0 saturated heterocycles. The van der Waals surface area contributed by atoms with Gasteiger partial charge in [-0.2, -0.15) is 0 Å². The number of para-hydroxylation sites is 1. The van der Waals surface area contributed by atoms with E-state index >= 15 is 0 Å². The summed E-state index contributed by atoms with van der Waals surface area (Å²) >= 11 is 0. The highest BCUT2D eigenvalue weighted by Crippen LogP contribution is 2.30. The van der Waals surface area contributed by atoms with Gasteiger partial charge >= 0.3 is 0 Å². The number of aromatic nitrogens is 1. The topological polar surface area (TPSA) is 41.4 Å². The van der Waals surface area contributed by atoms with Gasteiger partial charge in [0.2, 0.25) is 0 Å². The summed E-state index contributed by atoms with van der Waals surface area (Å²) in [5.41, 5.74) is 6.18. The van der Waals surface area contributed by atoms with Gasteiger partial charge in [0.1, 0.15) is 11.3 Å². The molecule has 0 saturated carbocycles. The van der Waals surface area contributed by atoms with E-state index in [-0.39, 0.29) is 0 Å². The van der Waals surface area contributed by atoms with E-state index in [0.29, 0.717) is 0 Å². The summed E-state index contributed by atoms with van der Waals surface area (Å²) in [6.07, 6.45) is 8.51. The van der Waals surface area contributed by atoms with Crippen molar-refractivity contribution in [1.82, 2.24) is 9.88 Å². The Balaban J connectivity index is 1.26. The van der Waals surface area contributed by atoms with Gasteiger partial charge in [-0.15, -0.1) is 0 Å². The van der Waals surface area contributed by atoms with Crippen molar-refractivity contribution in [2.24, 2.45) is 0 Å². The van der Waals surface area contributed by atoms with Crippen LogP contribution in [0.15, 0.2) is 65.4 Å². The van der Waals surface area contributed by atoms with Crippen molar-refractivity contribution < 1.29 is 9.15 Å². The Hall–Kier alpha value is -2.98. The fourth-order valence-electron chi connectivity index (χ4n) is 4.16. The zero-order valence-electron chi connectivity index (χ0n) is 16.1. The lowest BCUT2D eigenvalue weighted by atomic mass is 9.98. The lowest BCUT2D eigenvalue weighted by Gasteiger charge is -2.26. The first kappa shape index (κ1) is 17.1.